The lowest BCUT2D eigenvalue weighted by Crippen LogP contribution is -2.43. The van der Waals surface area contributed by atoms with Crippen LogP contribution in [-0.2, 0) is 32.2 Å². The maximum atomic E-state index is 12.9. The highest BCUT2D eigenvalue weighted by atomic mass is 16.7. The van der Waals surface area contributed by atoms with Crippen LogP contribution in [0.3, 0.4) is 0 Å². The number of aromatic nitrogens is 2. The summed E-state index contributed by atoms with van der Waals surface area (Å²) in [6.07, 6.45) is 3.19. The van der Waals surface area contributed by atoms with Crippen LogP contribution >= 0.6 is 0 Å². The van der Waals surface area contributed by atoms with Gasteiger partial charge in [0.25, 0.3) is 0 Å². The Morgan fingerprint density at radius 2 is 1.53 bits per heavy atom. The zero-order valence-corrected chi connectivity index (χ0v) is 30.9. The number of unbranched alkanes of at least 4 members (excludes halogenated alkanes) is 1. The largest absolute Gasteiger partial charge is 0.392 e. The van der Waals surface area contributed by atoms with E-state index in [0.717, 1.165) is 76.9 Å². The number of likely N-dealkylation sites (tertiary alicyclic amines) is 1. The average Bonchev–Trinajstić information content (AvgIpc) is 3.57. The summed E-state index contributed by atoms with van der Waals surface area (Å²) in [4.78, 5) is 41.8. The van der Waals surface area contributed by atoms with E-state index in [-0.39, 0.29) is 42.9 Å². The summed E-state index contributed by atoms with van der Waals surface area (Å²) < 4.78 is 15.2. The van der Waals surface area contributed by atoms with Crippen molar-refractivity contribution in [3.05, 3.63) is 130 Å². The van der Waals surface area contributed by atoms with Gasteiger partial charge in [0.1, 0.15) is 0 Å². The molecular formula is C43H49N5O7. The molecule has 0 aliphatic carbocycles. The molecule has 0 saturated carbocycles. The Kier molecular flexibility index (Phi) is 12.5. The van der Waals surface area contributed by atoms with Gasteiger partial charge in [-0.2, -0.15) is 0 Å². The molecule has 7 rings (SSSR count). The van der Waals surface area contributed by atoms with Crippen molar-refractivity contribution in [2.75, 3.05) is 19.6 Å². The molecule has 2 aliphatic rings. The number of hydrogen-bond donors (Lipinski definition) is 5. The van der Waals surface area contributed by atoms with Crippen molar-refractivity contribution < 1.29 is 29.4 Å². The van der Waals surface area contributed by atoms with Crippen LogP contribution in [0.4, 0.5) is 0 Å². The Hall–Kier alpha value is -5.11. The van der Waals surface area contributed by atoms with Gasteiger partial charge < -0.3 is 29.8 Å². The van der Waals surface area contributed by atoms with Crippen molar-refractivity contribution >= 4 is 22.8 Å². The number of imidazole rings is 1. The lowest BCUT2D eigenvalue weighted by molar-refractivity contribution is -0.253. The van der Waals surface area contributed by atoms with Crippen LogP contribution in [0.2, 0.25) is 0 Å². The second-order valence-electron chi connectivity index (χ2n) is 14.5. The van der Waals surface area contributed by atoms with E-state index in [4.69, 9.17) is 14.7 Å². The first-order chi connectivity index (χ1) is 26.9. The van der Waals surface area contributed by atoms with Gasteiger partial charge in [0.2, 0.25) is 11.8 Å². The third-order valence-electron chi connectivity index (χ3n) is 10.7. The molecule has 12 heteroatoms. The van der Waals surface area contributed by atoms with E-state index >= 15 is 0 Å². The zero-order chi connectivity index (χ0) is 38.1. The maximum Gasteiger partial charge on any atom is 0.326 e. The Morgan fingerprint density at radius 1 is 0.800 bits per heavy atom. The second kappa shape index (κ2) is 18.0. The molecule has 3 heterocycles. The number of amides is 2. The molecule has 288 valence electrons. The molecule has 55 heavy (non-hydrogen) atoms. The molecular weight excluding hydrogens is 699 g/mol. The van der Waals surface area contributed by atoms with E-state index in [1.165, 1.54) is 0 Å². The van der Waals surface area contributed by atoms with Gasteiger partial charge in [-0.05, 0) is 71.7 Å². The molecule has 1 aromatic heterocycles. The van der Waals surface area contributed by atoms with Gasteiger partial charge >= 0.3 is 5.69 Å². The van der Waals surface area contributed by atoms with Crippen LogP contribution in [0.5, 0.6) is 0 Å². The first-order valence-electron chi connectivity index (χ1n) is 19.2. The highest BCUT2D eigenvalue weighted by Crippen LogP contribution is 2.39. The van der Waals surface area contributed by atoms with E-state index in [0.29, 0.717) is 32.2 Å². The molecule has 3 atom stereocenters. The van der Waals surface area contributed by atoms with Crippen molar-refractivity contribution in [3.63, 3.8) is 0 Å². The molecule has 2 amide bonds. The summed E-state index contributed by atoms with van der Waals surface area (Å²) in [5, 5.41) is 21.2. The SMILES string of the molecule is O=C(CCCCC(=O)NCc1cccc(-c2ccc([C@H]3O[C@@H](CN4CCC(n5c(=O)[nH]c6ccccc65)CC4)C[C@@H](c4ccc(CO)cc4)O3)cc2)c1)NO. The minimum absolute atomic E-state index is 0.0142. The van der Waals surface area contributed by atoms with E-state index in [1.807, 2.05) is 83.4 Å². The molecule has 5 aromatic rings. The number of aromatic amines is 1. The van der Waals surface area contributed by atoms with Gasteiger partial charge in [0.05, 0.1) is 29.8 Å². The first kappa shape index (κ1) is 38.2. The first-order valence-corrected chi connectivity index (χ1v) is 19.2. The number of carbonyl (C=O) groups excluding carboxylic acids is 2. The highest BCUT2D eigenvalue weighted by molar-refractivity contribution is 5.77. The number of para-hydroxylation sites is 2. The fourth-order valence-electron chi connectivity index (χ4n) is 7.73. The van der Waals surface area contributed by atoms with Crippen molar-refractivity contribution in [2.45, 2.75) is 82.6 Å². The zero-order valence-electron chi connectivity index (χ0n) is 30.9. The monoisotopic (exact) mass is 747 g/mol. The van der Waals surface area contributed by atoms with Crippen LogP contribution in [0.25, 0.3) is 22.2 Å². The number of nitrogens with zero attached hydrogens (tertiary/aromatic N) is 2. The number of nitrogens with one attached hydrogen (secondary N) is 3. The number of aliphatic hydroxyl groups is 1. The second-order valence-corrected chi connectivity index (χ2v) is 14.5. The van der Waals surface area contributed by atoms with Crippen LogP contribution in [0, 0.1) is 0 Å². The predicted octanol–water partition coefficient (Wildman–Crippen LogP) is 6.05. The van der Waals surface area contributed by atoms with Gasteiger partial charge in [0, 0.05) is 57.0 Å². The number of hydrogen-bond acceptors (Lipinski definition) is 8. The Balaban J connectivity index is 0.992. The van der Waals surface area contributed by atoms with Gasteiger partial charge in [-0.25, -0.2) is 10.3 Å². The molecule has 5 N–H and O–H groups in total. The minimum Gasteiger partial charge on any atom is -0.392 e. The van der Waals surface area contributed by atoms with E-state index in [2.05, 4.69) is 33.4 Å². The molecule has 0 radical (unpaired) electrons. The summed E-state index contributed by atoms with van der Waals surface area (Å²) in [5.74, 6) is -0.535. The fourth-order valence-corrected chi connectivity index (χ4v) is 7.73. The van der Waals surface area contributed by atoms with E-state index in [1.54, 1.807) is 5.48 Å². The average molecular weight is 748 g/mol. The van der Waals surface area contributed by atoms with Crippen molar-refractivity contribution in [2.24, 2.45) is 0 Å². The lowest BCUT2D eigenvalue weighted by Gasteiger charge is -2.40. The Morgan fingerprint density at radius 3 is 2.27 bits per heavy atom. The van der Waals surface area contributed by atoms with Crippen LogP contribution in [-0.4, -0.2) is 62.3 Å². The molecule has 2 aliphatic heterocycles. The van der Waals surface area contributed by atoms with E-state index < -0.39 is 12.2 Å². The van der Waals surface area contributed by atoms with Crippen molar-refractivity contribution in [1.29, 1.82) is 0 Å². The number of hydroxylamine groups is 1. The molecule has 0 bridgehead atoms. The molecule has 0 unspecified atom stereocenters. The Bertz CT molecular complexity index is 2100. The number of aliphatic hydroxyl groups excluding tert-OH is 1. The topological polar surface area (TPSA) is 158 Å². The van der Waals surface area contributed by atoms with Gasteiger partial charge in [-0.3, -0.25) is 19.4 Å². The molecule has 0 spiro atoms. The number of carbonyl (C=O) groups is 2. The normalized spacial score (nSPS) is 19.3. The Labute approximate surface area is 320 Å². The predicted molar refractivity (Wildman–Crippen MR) is 208 cm³/mol. The number of rotatable bonds is 14. The molecule has 4 aromatic carbocycles. The third kappa shape index (κ3) is 9.59. The number of fused-ring (bicyclic) bond motifs is 1. The minimum atomic E-state index is -0.572. The van der Waals surface area contributed by atoms with Crippen molar-refractivity contribution in [1.82, 2.24) is 25.2 Å². The lowest BCUT2D eigenvalue weighted by atomic mass is 9.98. The van der Waals surface area contributed by atoms with Crippen LogP contribution < -0.4 is 16.5 Å². The number of ether oxygens (including phenoxy) is 2. The number of piperidine rings is 1. The number of H-pyrrole nitrogens is 1. The van der Waals surface area contributed by atoms with Gasteiger partial charge in [-0.15, -0.1) is 0 Å². The summed E-state index contributed by atoms with van der Waals surface area (Å²) in [6, 6.07) is 32.2. The molecule has 2 fully saturated rings. The van der Waals surface area contributed by atoms with Crippen LogP contribution in [0.15, 0.2) is 102 Å². The van der Waals surface area contributed by atoms with Gasteiger partial charge in [-0.1, -0.05) is 78.9 Å². The quantitative estimate of drug-likeness (QED) is 0.0522. The van der Waals surface area contributed by atoms with Crippen molar-refractivity contribution in [3.8, 4) is 11.1 Å². The summed E-state index contributed by atoms with van der Waals surface area (Å²) in [5.41, 5.74) is 9.22. The highest BCUT2D eigenvalue weighted by Gasteiger charge is 2.34. The fraction of sp³-hybridized carbons (Fsp3) is 0.372. The number of benzene rings is 4. The van der Waals surface area contributed by atoms with E-state index in [9.17, 15) is 19.5 Å². The summed E-state index contributed by atoms with van der Waals surface area (Å²) >= 11 is 0. The molecule has 12 nitrogen and oxygen atoms in total. The van der Waals surface area contributed by atoms with Crippen LogP contribution in [0.1, 0.15) is 85.6 Å². The molecule has 2 saturated heterocycles. The summed E-state index contributed by atoms with van der Waals surface area (Å²) in [6.45, 7) is 2.86. The summed E-state index contributed by atoms with van der Waals surface area (Å²) in [7, 11) is 0. The smallest absolute Gasteiger partial charge is 0.326 e. The standard InChI is InChI=1S/C43H49N5O7/c49-28-29-12-14-32(15-13-29)39-25-36(27-47-22-20-35(21-23-47)48-38-9-2-1-8-37(38)45-43(48)52)54-42(55-39)33-18-16-31(17-19-33)34-7-5-6-30(24-34)26-44-40(50)10-3-4-11-41(51)46-53/h1-2,5-9,12-19,24,35-36,39,42,49,53H,3-4,10-11,20-23,25-28H2,(H,44,50)(H,45,52)(H,46,51)/t36-,39+,42+/m1/s1. The third-order valence-corrected chi connectivity index (χ3v) is 10.7. The maximum absolute atomic E-state index is 12.9. The van der Waals surface area contributed by atoms with Gasteiger partial charge in [0.15, 0.2) is 6.29 Å².